The highest BCUT2D eigenvalue weighted by Gasteiger charge is 2.22. The Morgan fingerprint density at radius 2 is 1.91 bits per heavy atom. The lowest BCUT2D eigenvalue weighted by atomic mass is 10.2. The Labute approximate surface area is 133 Å². The van der Waals surface area contributed by atoms with Gasteiger partial charge < -0.3 is 14.7 Å². The Morgan fingerprint density at radius 1 is 1.18 bits per heavy atom. The van der Waals surface area contributed by atoms with Crippen molar-refractivity contribution >= 4 is 11.7 Å². The van der Waals surface area contributed by atoms with E-state index in [1.807, 2.05) is 18.0 Å². The quantitative estimate of drug-likeness (QED) is 0.797. The molecule has 6 heteroatoms. The molecule has 22 heavy (non-hydrogen) atoms. The van der Waals surface area contributed by atoms with Crippen LogP contribution in [-0.4, -0.2) is 72.2 Å². The minimum Gasteiger partial charge on any atom is -0.358 e. The van der Waals surface area contributed by atoms with Crippen LogP contribution in [0.25, 0.3) is 0 Å². The highest BCUT2D eigenvalue weighted by Crippen LogP contribution is 2.11. The lowest BCUT2D eigenvalue weighted by molar-refractivity contribution is 0.0636. The fraction of sp³-hybridized carbons (Fsp3) is 0.688. The van der Waals surface area contributed by atoms with E-state index in [0.29, 0.717) is 5.69 Å². The number of amides is 1. The number of rotatable bonds is 6. The van der Waals surface area contributed by atoms with Gasteiger partial charge in [0.05, 0.1) is 0 Å². The molecule has 1 fully saturated rings. The van der Waals surface area contributed by atoms with Gasteiger partial charge in [-0.1, -0.05) is 20.3 Å². The third-order valence-electron chi connectivity index (χ3n) is 4.21. The third-order valence-corrected chi connectivity index (χ3v) is 4.21. The maximum absolute atomic E-state index is 12.4. The zero-order valence-corrected chi connectivity index (χ0v) is 14.0. The van der Waals surface area contributed by atoms with E-state index >= 15 is 0 Å². The number of unbranched alkanes of at least 4 members (excludes halogenated alkanes) is 1. The molecule has 1 aromatic heterocycles. The zero-order chi connectivity index (χ0) is 15.9. The summed E-state index contributed by atoms with van der Waals surface area (Å²) in [6.45, 7) is 9.73. The van der Waals surface area contributed by atoms with E-state index in [4.69, 9.17) is 0 Å². The summed E-state index contributed by atoms with van der Waals surface area (Å²) >= 11 is 0. The molecule has 0 aromatic carbocycles. The van der Waals surface area contributed by atoms with Crippen LogP contribution in [0.4, 0.5) is 5.82 Å². The normalized spacial score (nSPS) is 15.9. The monoisotopic (exact) mass is 305 g/mol. The van der Waals surface area contributed by atoms with Gasteiger partial charge in [-0.05, 0) is 25.1 Å². The SMILES string of the molecule is CCCCN(C)c1ccc(C(=O)N2CCN(CC)CC2)nn1. The molecule has 2 heterocycles. The van der Waals surface area contributed by atoms with E-state index in [9.17, 15) is 4.79 Å². The fourth-order valence-corrected chi connectivity index (χ4v) is 2.58. The summed E-state index contributed by atoms with van der Waals surface area (Å²) in [4.78, 5) is 18.7. The van der Waals surface area contributed by atoms with Crippen LogP contribution in [-0.2, 0) is 0 Å². The standard InChI is InChI=1S/C16H27N5O/c1-4-6-9-19(3)15-8-7-14(17-18-15)16(22)21-12-10-20(5-2)11-13-21/h7-8H,4-6,9-13H2,1-3H3. The van der Waals surface area contributed by atoms with Crippen LogP contribution in [0.15, 0.2) is 12.1 Å². The van der Waals surface area contributed by atoms with Crippen molar-refractivity contribution in [1.82, 2.24) is 20.0 Å². The molecular formula is C16H27N5O. The van der Waals surface area contributed by atoms with Crippen molar-refractivity contribution in [3.63, 3.8) is 0 Å². The second kappa shape index (κ2) is 8.08. The van der Waals surface area contributed by atoms with Gasteiger partial charge in [-0.3, -0.25) is 4.79 Å². The molecule has 0 N–H and O–H groups in total. The van der Waals surface area contributed by atoms with E-state index in [0.717, 1.165) is 57.9 Å². The Morgan fingerprint density at radius 3 is 2.45 bits per heavy atom. The fourth-order valence-electron chi connectivity index (χ4n) is 2.58. The largest absolute Gasteiger partial charge is 0.358 e. The first-order chi connectivity index (χ1) is 10.7. The molecule has 6 nitrogen and oxygen atoms in total. The predicted molar refractivity (Wildman–Crippen MR) is 88.2 cm³/mol. The lowest BCUT2D eigenvalue weighted by Gasteiger charge is -2.33. The molecular weight excluding hydrogens is 278 g/mol. The van der Waals surface area contributed by atoms with Gasteiger partial charge >= 0.3 is 0 Å². The highest BCUT2D eigenvalue weighted by atomic mass is 16.2. The van der Waals surface area contributed by atoms with Crippen molar-refractivity contribution in [3.05, 3.63) is 17.8 Å². The zero-order valence-electron chi connectivity index (χ0n) is 14.0. The minimum absolute atomic E-state index is 0.00832. The van der Waals surface area contributed by atoms with Crippen molar-refractivity contribution in [2.24, 2.45) is 0 Å². The molecule has 1 aliphatic rings. The second-order valence-corrected chi connectivity index (χ2v) is 5.78. The van der Waals surface area contributed by atoms with E-state index in [-0.39, 0.29) is 5.91 Å². The van der Waals surface area contributed by atoms with Crippen LogP contribution >= 0.6 is 0 Å². The van der Waals surface area contributed by atoms with Gasteiger partial charge in [0.25, 0.3) is 5.91 Å². The van der Waals surface area contributed by atoms with Crippen LogP contribution in [0.3, 0.4) is 0 Å². The lowest BCUT2D eigenvalue weighted by Crippen LogP contribution is -2.48. The van der Waals surface area contributed by atoms with Gasteiger partial charge in [0.2, 0.25) is 0 Å². The Balaban J connectivity index is 1.94. The Hall–Kier alpha value is -1.69. The second-order valence-electron chi connectivity index (χ2n) is 5.78. The highest BCUT2D eigenvalue weighted by molar-refractivity contribution is 5.92. The van der Waals surface area contributed by atoms with Crippen molar-refractivity contribution in [2.45, 2.75) is 26.7 Å². The molecule has 1 saturated heterocycles. The third kappa shape index (κ3) is 4.16. The van der Waals surface area contributed by atoms with Gasteiger partial charge in [0.15, 0.2) is 11.5 Å². The number of likely N-dealkylation sites (N-methyl/N-ethyl adjacent to an activating group) is 1. The Kier molecular flexibility index (Phi) is 6.12. The maximum Gasteiger partial charge on any atom is 0.274 e. The molecule has 1 aliphatic heterocycles. The predicted octanol–water partition coefficient (Wildman–Crippen LogP) is 1.49. The van der Waals surface area contributed by atoms with Gasteiger partial charge in [0.1, 0.15) is 0 Å². The average molecular weight is 305 g/mol. The first kappa shape index (κ1) is 16.7. The first-order valence-electron chi connectivity index (χ1n) is 8.22. The summed E-state index contributed by atoms with van der Waals surface area (Å²) in [6.07, 6.45) is 2.28. The summed E-state index contributed by atoms with van der Waals surface area (Å²) in [5, 5.41) is 8.32. The number of hydrogen-bond acceptors (Lipinski definition) is 5. The summed E-state index contributed by atoms with van der Waals surface area (Å²) in [5.74, 6) is 0.812. The maximum atomic E-state index is 12.4. The smallest absolute Gasteiger partial charge is 0.274 e. The summed E-state index contributed by atoms with van der Waals surface area (Å²) in [7, 11) is 2.01. The Bertz CT molecular complexity index is 468. The van der Waals surface area contributed by atoms with E-state index in [1.165, 1.54) is 0 Å². The van der Waals surface area contributed by atoms with Crippen LogP contribution in [0, 0.1) is 0 Å². The van der Waals surface area contributed by atoms with Crippen molar-refractivity contribution in [3.8, 4) is 0 Å². The molecule has 0 aliphatic carbocycles. The number of nitrogens with zero attached hydrogens (tertiary/aromatic N) is 5. The van der Waals surface area contributed by atoms with Crippen LogP contribution < -0.4 is 4.90 Å². The van der Waals surface area contributed by atoms with Crippen molar-refractivity contribution in [1.29, 1.82) is 0 Å². The van der Waals surface area contributed by atoms with Crippen molar-refractivity contribution in [2.75, 3.05) is 51.2 Å². The van der Waals surface area contributed by atoms with E-state index in [1.54, 1.807) is 6.07 Å². The van der Waals surface area contributed by atoms with Gasteiger partial charge in [-0.15, -0.1) is 10.2 Å². The molecule has 2 rings (SSSR count). The number of hydrogen-bond donors (Lipinski definition) is 0. The molecule has 0 unspecified atom stereocenters. The molecule has 1 amide bonds. The van der Waals surface area contributed by atoms with E-state index in [2.05, 4.69) is 33.8 Å². The van der Waals surface area contributed by atoms with Gasteiger partial charge in [0, 0.05) is 39.8 Å². The number of piperazine rings is 1. The first-order valence-corrected chi connectivity index (χ1v) is 8.22. The number of anilines is 1. The number of aromatic nitrogens is 2. The molecule has 122 valence electrons. The summed E-state index contributed by atoms with van der Waals surface area (Å²) in [5.41, 5.74) is 0.442. The average Bonchev–Trinajstić information content (AvgIpc) is 2.59. The van der Waals surface area contributed by atoms with Crippen molar-refractivity contribution < 1.29 is 4.79 Å². The van der Waals surface area contributed by atoms with Crippen LogP contribution in [0.2, 0.25) is 0 Å². The van der Waals surface area contributed by atoms with Gasteiger partial charge in [-0.2, -0.15) is 0 Å². The van der Waals surface area contributed by atoms with Crippen LogP contribution in [0.1, 0.15) is 37.2 Å². The van der Waals surface area contributed by atoms with Crippen LogP contribution in [0.5, 0.6) is 0 Å². The summed E-state index contributed by atoms with van der Waals surface area (Å²) < 4.78 is 0. The molecule has 0 atom stereocenters. The molecule has 0 bridgehead atoms. The molecule has 1 aromatic rings. The number of carbonyl (C=O) groups is 1. The summed E-state index contributed by atoms with van der Waals surface area (Å²) in [6, 6.07) is 3.68. The van der Waals surface area contributed by atoms with Gasteiger partial charge in [-0.25, -0.2) is 0 Å². The molecule has 0 spiro atoms. The minimum atomic E-state index is -0.00832. The topological polar surface area (TPSA) is 52.6 Å². The number of carbonyl (C=O) groups excluding carboxylic acids is 1. The van der Waals surface area contributed by atoms with E-state index < -0.39 is 0 Å². The molecule has 0 radical (unpaired) electrons. The molecule has 0 saturated carbocycles.